The van der Waals surface area contributed by atoms with Crippen LogP contribution in [0.15, 0.2) is 47.4 Å². The van der Waals surface area contributed by atoms with Crippen LogP contribution in [0.1, 0.15) is 12.8 Å². The first-order valence-electron chi connectivity index (χ1n) is 9.56. The third-order valence-electron chi connectivity index (χ3n) is 5.16. The molecular formula is C20H16N6O3S2. The van der Waals surface area contributed by atoms with Crippen molar-refractivity contribution in [1.29, 1.82) is 0 Å². The molecule has 4 heterocycles. The molecule has 1 aromatic carbocycles. The Balaban J connectivity index is 1.35. The van der Waals surface area contributed by atoms with Crippen LogP contribution in [0.4, 0.5) is 16.6 Å². The van der Waals surface area contributed by atoms with Crippen molar-refractivity contribution < 1.29 is 9.72 Å². The van der Waals surface area contributed by atoms with Crippen molar-refractivity contribution in [2.24, 2.45) is 0 Å². The number of hydrogen-bond acceptors (Lipinski definition) is 9. The van der Waals surface area contributed by atoms with Crippen LogP contribution in [0.5, 0.6) is 0 Å². The van der Waals surface area contributed by atoms with Crippen LogP contribution in [-0.4, -0.2) is 38.4 Å². The number of hydrogen-bond donors (Lipinski definition) is 1. The zero-order valence-corrected chi connectivity index (χ0v) is 17.7. The predicted octanol–water partition coefficient (Wildman–Crippen LogP) is 4.33. The quantitative estimate of drug-likeness (QED) is 0.354. The van der Waals surface area contributed by atoms with E-state index in [0.717, 1.165) is 35.4 Å². The molecule has 1 aliphatic rings. The molecule has 31 heavy (non-hydrogen) atoms. The lowest BCUT2D eigenvalue weighted by Crippen LogP contribution is -2.40. The normalized spacial score (nSPS) is 16.0. The molecule has 1 amide bonds. The number of carbonyl (C=O) groups is 1. The van der Waals surface area contributed by atoms with Crippen LogP contribution in [0.3, 0.4) is 0 Å². The van der Waals surface area contributed by atoms with E-state index in [1.165, 1.54) is 29.8 Å². The molecule has 1 N–H and O–H groups in total. The molecule has 0 bridgehead atoms. The maximum Gasteiger partial charge on any atom is 0.270 e. The number of fused-ring (bicyclic) bond motifs is 1. The van der Waals surface area contributed by atoms with Gasteiger partial charge in [0.2, 0.25) is 5.91 Å². The number of benzene rings is 1. The van der Waals surface area contributed by atoms with Gasteiger partial charge in [-0.25, -0.2) is 15.0 Å². The van der Waals surface area contributed by atoms with E-state index in [4.69, 9.17) is 0 Å². The zero-order chi connectivity index (χ0) is 21.4. The minimum Gasteiger partial charge on any atom is -0.344 e. The first-order valence-corrected chi connectivity index (χ1v) is 11.3. The van der Waals surface area contributed by atoms with E-state index in [1.54, 1.807) is 28.8 Å². The summed E-state index contributed by atoms with van der Waals surface area (Å²) in [7, 11) is 0. The number of aromatic nitrogens is 3. The Morgan fingerprint density at radius 1 is 1.26 bits per heavy atom. The summed E-state index contributed by atoms with van der Waals surface area (Å²) in [6.07, 6.45) is 3.16. The molecule has 5 rings (SSSR count). The molecular weight excluding hydrogens is 436 g/mol. The maximum atomic E-state index is 13.0. The molecule has 4 aromatic rings. The highest BCUT2D eigenvalue weighted by Gasteiger charge is 2.33. The Bertz CT molecular complexity index is 1290. The van der Waals surface area contributed by atoms with Crippen LogP contribution in [0, 0.1) is 10.1 Å². The molecule has 1 atom stereocenters. The first kappa shape index (κ1) is 19.5. The number of thiophene rings is 1. The van der Waals surface area contributed by atoms with Crippen molar-refractivity contribution in [1.82, 2.24) is 15.0 Å². The first-order chi connectivity index (χ1) is 15.1. The highest BCUT2D eigenvalue weighted by Crippen LogP contribution is 2.33. The number of nitrogens with zero attached hydrogens (tertiary/aromatic N) is 5. The number of carbonyl (C=O) groups excluding carboxylic acids is 1. The molecule has 11 heteroatoms. The highest BCUT2D eigenvalue weighted by atomic mass is 32.1. The average Bonchev–Trinajstić information content (AvgIpc) is 3.53. The largest absolute Gasteiger partial charge is 0.344 e. The summed E-state index contributed by atoms with van der Waals surface area (Å²) in [5.41, 5.74) is 1.22. The summed E-state index contributed by atoms with van der Waals surface area (Å²) in [5, 5.41) is 19.1. The number of thiazole rings is 1. The fourth-order valence-corrected chi connectivity index (χ4v) is 5.18. The van der Waals surface area contributed by atoms with E-state index >= 15 is 0 Å². The minimum absolute atomic E-state index is 0.00211. The smallest absolute Gasteiger partial charge is 0.270 e. The molecule has 1 aliphatic heterocycles. The highest BCUT2D eigenvalue weighted by molar-refractivity contribution is 7.16. The lowest BCUT2D eigenvalue weighted by Gasteiger charge is -2.24. The Morgan fingerprint density at radius 3 is 3.03 bits per heavy atom. The van der Waals surface area contributed by atoms with Gasteiger partial charge in [0, 0.05) is 29.6 Å². The number of nitro groups is 1. The number of non-ortho nitro benzene ring substituents is 1. The predicted molar refractivity (Wildman–Crippen MR) is 121 cm³/mol. The van der Waals surface area contributed by atoms with Crippen molar-refractivity contribution in [3.05, 3.63) is 57.5 Å². The fraction of sp³-hybridized carbons (Fsp3) is 0.200. The van der Waals surface area contributed by atoms with Crippen molar-refractivity contribution in [3.63, 3.8) is 0 Å². The van der Waals surface area contributed by atoms with Crippen molar-refractivity contribution in [2.45, 2.75) is 18.9 Å². The lowest BCUT2D eigenvalue weighted by molar-refractivity contribution is -0.384. The van der Waals surface area contributed by atoms with Gasteiger partial charge in [0.25, 0.3) is 5.69 Å². The van der Waals surface area contributed by atoms with E-state index in [-0.39, 0.29) is 17.6 Å². The van der Waals surface area contributed by atoms with Gasteiger partial charge < -0.3 is 10.2 Å². The number of nitrogens with one attached hydrogen (secondary N) is 1. The Hall–Kier alpha value is -3.44. The van der Waals surface area contributed by atoms with Crippen molar-refractivity contribution in [3.8, 4) is 11.3 Å². The van der Waals surface area contributed by atoms with Crippen LogP contribution in [-0.2, 0) is 4.79 Å². The Kier molecular flexibility index (Phi) is 5.04. The molecule has 1 fully saturated rings. The van der Waals surface area contributed by atoms with Crippen molar-refractivity contribution in [2.75, 3.05) is 16.8 Å². The van der Waals surface area contributed by atoms with E-state index in [1.807, 2.05) is 16.3 Å². The van der Waals surface area contributed by atoms with E-state index < -0.39 is 4.92 Å². The van der Waals surface area contributed by atoms with Gasteiger partial charge in [0.1, 0.15) is 23.0 Å². The summed E-state index contributed by atoms with van der Waals surface area (Å²) >= 11 is 2.84. The third kappa shape index (κ3) is 3.73. The summed E-state index contributed by atoms with van der Waals surface area (Å²) in [5.74, 6) is 0.639. The van der Waals surface area contributed by atoms with Gasteiger partial charge in [-0.05, 0) is 24.3 Å². The van der Waals surface area contributed by atoms with Crippen LogP contribution < -0.4 is 10.2 Å². The molecule has 0 saturated carbocycles. The molecule has 156 valence electrons. The van der Waals surface area contributed by atoms with E-state index in [2.05, 4.69) is 20.3 Å². The Labute approximate surface area is 184 Å². The average molecular weight is 453 g/mol. The maximum absolute atomic E-state index is 13.0. The summed E-state index contributed by atoms with van der Waals surface area (Å²) < 4.78 is 0. The van der Waals surface area contributed by atoms with Gasteiger partial charge in [-0.2, -0.15) is 0 Å². The number of amides is 1. The summed E-state index contributed by atoms with van der Waals surface area (Å²) in [4.78, 5) is 39.7. The van der Waals surface area contributed by atoms with Gasteiger partial charge in [0.05, 0.1) is 16.0 Å². The van der Waals surface area contributed by atoms with Gasteiger partial charge in [0.15, 0.2) is 5.13 Å². The topological polar surface area (TPSA) is 114 Å². The SMILES string of the molecule is O=C(Nc1nc(-c2cccc([N+](=O)[O-])c2)cs1)C1CCCN1c1ncnc2sccc12. The second-order valence-electron chi connectivity index (χ2n) is 7.02. The van der Waals surface area contributed by atoms with Crippen LogP contribution in [0.2, 0.25) is 0 Å². The lowest BCUT2D eigenvalue weighted by atomic mass is 10.1. The second-order valence-corrected chi connectivity index (χ2v) is 8.78. The number of rotatable bonds is 5. The summed E-state index contributed by atoms with van der Waals surface area (Å²) in [6.45, 7) is 0.747. The second kappa shape index (κ2) is 8.00. The van der Waals surface area contributed by atoms with E-state index in [0.29, 0.717) is 16.4 Å². The zero-order valence-electron chi connectivity index (χ0n) is 16.1. The molecule has 1 saturated heterocycles. The van der Waals surface area contributed by atoms with E-state index in [9.17, 15) is 14.9 Å². The van der Waals surface area contributed by atoms with Crippen LogP contribution in [0.25, 0.3) is 21.5 Å². The molecule has 9 nitrogen and oxygen atoms in total. The molecule has 3 aromatic heterocycles. The number of anilines is 2. The van der Waals surface area contributed by atoms with Gasteiger partial charge in [-0.15, -0.1) is 22.7 Å². The van der Waals surface area contributed by atoms with Crippen LogP contribution >= 0.6 is 22.7 Å². The molecule has 1 unspecified atom stereocenters. The monoisotopic (exact) mass is 452 g/mol. The van der Waals surface area contributed by atoms with Gasteiger partial charge in [-0.3, -0.25) is 14.9 Å². The third-order valence-corrected chi connectivity index (χ3v) is 6.73. The van der Waals surface area contributed by atoms with Gasteiger partial charge >= 0.3 is 0 Å². The van der Waals surface area contributed by atoms with Crippen molar-refractivity contribution >= 4 is 55.4 Å². The molecule has 0 spiro atoms. The standard InChI is InChI=1S/C20H16N6O3S2/c27-18(16-5-2-7-25(16)17-14-6-8-30-19(14)22-11-21-17)24-20-23-15(10-31-20)12-3-1-4-13(9-12)26(28)29/h1,3-4,6,8-11,16H,2,5,7H2,(H,23,24,27). The summed E-state index contributed by atoms with van der Waals surface area (Å²) in [6, 6.07) is 7.92. The molecule has 0 radical (unpaired) electrons. The fourth-order valence-electron chi connectivity index (χ4n) is 3.73. The number of nitro benzene ring substituents is 1. The van der Waals surface area contributed by atoms with Gasteiger partial charge in [-0.1, -0.05) is 12.1 Å². The Morgan fingerprint density at radius 2 is 2.16 bits per heavy atom. The molecule has 0 aliphatic carbocycles. The minimum atomic E-state index is -0.440.